The van der Waals surface area contributed by atoms with E-state index in [0.29, 0.717) is 15.9 Å². The molecule has 0 amide bonds. The van der Waals surface area contributed by atoms with Crippen LogP contribution in [-0.4, -0.2) is 9.78 Å². The van der Waals surface area contributed by atoms with Crippen molar-refractivity contribution >= 4 is 21.6 Å². The van der Waals surface area contributed by atoms with Crippen LogP contribution in [0.1, 0.15) is 19.8 Å². The number of hydrogen-bond acceptors (Lipinski definition) is 2. The van der Waals surface area contributed by atoms with Gasteiger partial charge in [-0.2, -0.15) is 5.10 Å². The Balaban J connectivity index is 2.35. The first-order valence-electron chi connectivity index (χ1n) is 5.90. The summed E-state index contributed by atoms with van der Waals surface area (Å²) in [5.74, 6) is -0.283. The minimum atomic E-state index is -0.283. The lowest BCUT2D eigenvalue weighted by Gasteiger charge is -2.02. The molecule has 18 heavy (non-hydrogen) atoms. The second-order valence-electron chi connectivity index (χ2n) is 4.17. The zero-order chi connectivity index (χ0) is 13.1. The number of anilines is 1. The Hall–Kier alpha value is -1.36. The predicted octanol–water partition coefficient (Wildman–Crippen LogP) is 3.83. The number of rotatable bonds is 4. The van der Waals surface area contributed by atoms with Gasteiger partial charge in [0, 0.05) is 22.8 Å². The van der Waals surface area contributed by atoms with E-state index in [0.717, 1.165) is 24.9 Å². The summed E-state index contributed by atoms with van der Waals surface area (Å²) < 4.78 is 15.5. The van der Waals surface area contributed by atoms with Crippen molar-refractivity contribution in [2.75, 3.05) is 5.73 Å². The van der Waals surface area contributed by atoms with Gasteiger partial charge >= 0.3 is 0 Å². The zero-order valence-electron chi connectivity index (χ0n) is 10.2. The SMILES string of the molecule is CCCCn1cc(N)c(-c2ccc(F)cc2Br)n1. The van der Waals surface area contributed by atoms with Crippen molar-refractivity contribution in [3.8, 4) is 11.3 Å². The van der Waals surface area contributed by atoms with Crippen LogP contribution in [0.5, 0.6) is 0 Å². The Bertz CT molecular complexity index is 551. The van der Waals surface area contributed by atoms with E-state index in [4.69, 9.17) is 5.73 Å². The third kappa shape index (κ3) is 2.72. The molecule has 0 atom stereocenters. The van der Waals surface area contributed by atoms with E-state index in [1.807, 2.05) is 10.9 Å². The van der Waals surface area contributed by atoms with Gasteiger partial charge in [0.1, 0.15) is 11.5 Å². The quantitative estimate of drug-likeness (QED) is 0.932. The first-order chi connectivity index (χ1) is 8.61. The number of nitrogens with two attached hydrogens (primary N) is 1. The fourth-order valence-corrected chi connectivity index (χ4v) is 2.30. The van der Waals surface area contributed by atoms with Gasteiger partial charge in [0.15, 0.2) is 0 Å². The number of aromatic nitrogens is 2. The van der Waals surface area contributed by atoms with E-state index in [-0.39, 0.29) is 5.82 Å². The van der Waals surface area contributed by atoms with Gasteiger partial charge in [0.25, 0.3) is 0 Å². The minimum absolute atomic E-state index is 0.283. The number of hydrogen-bond donors (Lipinski definition) is 1. The van der Waals surface area contributed by atoms with Crippen molar-refractivity contribution in [3.05, 3.63) is 34.7 Å². The van der Waals surface area contributed by atoms with E-state index in [9.17, 15) is 4.39 Å². The Kier molecular flexibility index (Phi) is 4.01. The second-order valence-corrected chi connectivity index (χ2v) is 5.03. The number of nitrogen functional groups attached to an aromatic ring is 1. The summed E-state index contributed by atoms with van der Waals surface area (Å²) in [5.41, 5.74) is 8.07. The second kappa shape index (κ2) is 5.52. The Labute approximate surface area is 114 Å². The number of nitrogens with zero attached hydrogens (tertiary/aromatic N) is 2. The van der Waals surface area contributed by atoms with E-state index >= 15 is 0 Å². The van der Waals surface area contributed by atoms with Gasteiger partial charge in [-0.25, -0.2) is 4.39 Å². The van der Waals surface area contributed by atoms with Crippen LogP contribution in [0.3, 0.4) is 0 Å². The van der Waals surface area contributed by atoms with Crippen LogP contribution >= 0.6 is 15.9 Å². The molecule has 1 heterocycles. The molecule has 0 aliphatic carbocycles. The first-order valence-corrected chi connectivity index (χ1v) is 6.69. The molecule has 0 saturated carbocycles. The number of benzene rings is 1. The molecule has 0 spiro atoms. The summed E-state index contributed by atoms with van der Waals surface area (Å²) in [4.78, 5) is 0. The summed E-state index contributed by atoms with van der Waals surface area (Å²) >= 11 is 3.34. The van der Waals surface area contributed by atoms with Crippen LogP contribution in [0, 0.1) is 5.82 Å². The third-order valence-electron chi connectivity index (χ3n) is 2.72. The maximum absolute atomic E-state index is 13.0. The molecule has 1 aromatic heterocycles. The summed E-state index contributed by atoms with van der Waals surface area (Å²) in [6.07, 6.45) is 3.99. The molecular weight excluding hydrogens is 297 g/mol. The Morgan fingerprint density at radius 1 is 1.44 bits per heavy atom. The molecule has 3 nitrogen and oxygen atoms in total. The van der Waals surface area contributed by atoms with Crippen LogP contribution in [0.2, 0.25) is 0 Å². The maximum atomic E-state index is 13.0. The number of aryl methyl sites for hydroxylation is 1. The molecular formula is C13H15BrFN3. The molecule has 5 heteroatoms. The topological polar surface area (TPSA) is 43.8 Å². The van der Waals surface area contributed by atoms with Gasteiger partial charge < -0.3 is 5.73 Å². The third-order valence-corrected chi connectivity index (χ3v) is 3.37. The van der Waals surface area contributed by atoms with Crippen molar-refractivity contribution in [1.29, 1.82) is 0 Å². The number of unbranched alkanes of at least 4 members (excludes halogenated alkanes) is 1. The minimum Gasteiger partial charge on any atom is -0.396 e. The normalized spacial score (nSPS) is 10.8. The molecule has 2 rings (SSSR count). The van der Waals surface area contributed by atoms with Gasteiger partial charge in [-0.05, 0) is 40.5 Å². The zero-order valence-corrected chi connectivity index (χ0v) is 11.7. The van der Waals surface area contributed by atoms with Crippen LogP contribution in [0.4, 0.5) is 10.1 Å². The fourth-order valence-electron chi connectivity index (χ4n) is 1.76. The Morgan fingerprint density at radius 3 is 2.89 bits per heavy atom. The molecule has 0 bridgehead atoms. The predicted molar refractivity (Wildman–Crippen MR) is 74.6 cm³/mol. The van der Waals surface area contributed by atoms with Gasteiger partial charge in [-0.3, -0.25) is 4.68 Å². The first kappa shape index (κ1) is 13.1. The van der Waals surface area contributed by atoms with Crippen molar-refractivity contribution < 1.29 is 4.39 Å². The molecule has 1 aromatic carbocycles. The highest BCUT2D eigenvalue weighted by Crippen LogP contribution is 2.31. The molecule has 0 fully saturated rings. The Morgan fingerprint density at radius 2 is 2.22 bits per heavy atom. The van der Waals surface area contributed by atoms with Crippen LogP contribution < -0.4 is 5.73 Å². The maximum Gasteiger partial charge on any atom is 0.124 e. The smallest absolute Gasteiger partial charge is 0.124 e. The number of halogens is 2. The average Bonchev–Trinajstić information content (AvgIpc) is 2.68. The van der Waals surface area contributed by atoms with E-state index in [2.05, 4.69) is 28.0 Å². The van der Waals surface area contributed by atoms with Gasteiger partial charge in [0.2, 0.25) is 0 Å². The molecule has 0 radical (unpaired) electrons. The lowest BCUT2D eigenvalue weighted by Crippen LogP contribution is -1.98. The van der Waals surface area contributed by atoms with Gasteiger partial charge in [-0.15, -0.1) is 0 Å². The van der Waals surface area contributed by atoms with Crippen LogP contribution in [-0.2, 0) is 6.54 Å². The van der Waals surface area contributed by atoms with E-state index < -0.39 is 0 Å². The van der Waals surface area contributed by atoms with Gasteiger partial charge in [0.05, 0.1) is 5.69 Å². The van der Waals surface area contributed by atoms with Crippen molar-refractivity contribution in [1.82, 2.24) is 9.78 Å². The molecule has 0 saturated heterocycles. The monoisotopic (exact) mass is 311 g/mol. The summed E-state index contributed by atoms with van der Waals surface area (Å²) in [6.45, 7) is 2.98. The molecule has 2 aromatic rings. The highest BCUT2D eigenvalue weighted by Gasteiger charge is 2.12. The highest BCUT2D eigenvalue weighted by molar-refractivity contribution is 9.10. The lowest BCUT2D eigenvalue weighted by atomic mass is 10.1. The molecule has 0 unspecified atom stereocenters. The molecule has 96 valence electrons. The van der Waals surface area contributed by atoms with E-state index in [1.165, 1.54) is 12.1 Å². The van der Waals surface area contributed by atoms with E-state index in [1.54, 1.807) is 6.07 Å². The van der Waals surface area contributed by atoms with Crippen molar-refractivity contribution in [3.63, 3.8) is 0 Å². The lowest BCUT2D eigenvalue weighted by molar-refractivity contribution is 0.573. The molecule has 0 aliphatic heterocycles. The fraction of sp³-hybridized carbons (Fsp3) is 0.308. The van der Waals surface area contributed by atoms with Crippen LogP contribution in [0.25, 0.3) is 11.3 Å². The largest absolute Gasteiger partial charge is 0.396 e. The van der Waals surface area contributed by atoms with Crippen LogP contribution in [0.15, 0.2) is 28.9 Å². The summed E-state index contributed by atoms with van der Waals surface area (Å²) in [7, 11) is 0. The highest BCUT2D eigenvalue weighted by atomic mass is 79.9. The average molecular weight is 312 g/mol. The summed E-state index contributed by atoms with van der Waals surface area (Å²) in [6, 6.07) is 4.51. The molecule has 0 aliphatic rings. The summed E-state index contributed by atoms with van der Waals surface area (Å²) in [5, 5.41) is 4.45. The molecule has 2 N–H and O–H groups in total. The standard InChI is InChI=1S/C13H15BrFN3/c1-2-3-6-18-8-12(16)13(17-18)10-5-4-9(15)7-11(10)14/h4-5,7-8H,2-3,6,16H2,1H3. The van der Waals surface area contributed by atoms with Crippen molar-refractivity contribution in [2.24, 2.45) is 0 Å². The van der Waals surface area contributed by atoms with Crippen molar-refractivity contribution in [2.45, 2.75) is 26.3 Å². The van der Waals surface area contributed by atoms with Gasteiger partial charge in [-0.1, -0.05) is 13.3 Å².